The van der Waals surface area contributed by atoms with E-state index >= 15 is 0 Å². The maximum Gasteiger partial charge on any atom is 0.220 e. The summed E-state index contributed by atoms with van der Waals surface area (Å²) < 4.78 is 22.6. The van der Waals surface area contributed by atoms with Crippen molar-refractivity contribution in [2.24, 2.45) is 0 Å². The third-order valence-corrected chi connectivity index (χ3v) is 14.0. The molecule has 1 amide bonds. The summed E-state index contributed by atoms with van der Waals surface area (Å²) in [5, 5.41) is 86.6. The molecule has 0 aromatic heterocycles. The van der Waals surface area contributed by atoms with E-state index in [0.29, 0.717) is 12.8 Å². The van der Waals surface area contributed by atoms with Gasteiger partial charge in [0.2, 0.25) is 5.91 Å². The monoisotopic (exact) mass is 1150 g/mol. The molecule has 0 spiro atoms. The predicted molar refractivity (Wildman–Crippen MR) is 331 cm³/mol. The van der Waals surface area contributed by atoms with Crippen LogP contribution in [0, 0.1) is 0 Å². The zero-order chi connectivity index (χ0) is 59.5. The highest BCUT2D eigenvalue weighted by atomic mass is 16.7. The van der Waals surface area contributed by atoms with Crippen molar-refractivity contribution in [3.05, 3.63) is 146 Å². The van der Waals surface area contributed by atoms with Gasteiger partial charge in [0.1, 0.15) is 48.8 Å². The van der Waals surface area contributed by atoms with Crippen molar-refractivity contribution in [1.29, 1.82) is 0 Å². The molecule has 2 aliphatic heterocycles. The quantitative estimate of drug-likeness (QED) is 0.0204. The van der Waals surface area contributed by atoms with Crippen LogP contribution in [0.25, 0.3) is 0 Å². The largest absolute Gasteiger partial charge is 0.394 e. The van der Waals surface area contributed by atoms with Gasteiger partial charge in [-0.2, -0.15) is 0 Å². The third-order valence-electron chi connectivity index (χ3n) is 14.0. The minimum atomic E-state index is -1.80. The molecule has 14 nitrogen and oxygen atoms in total. The van der Waals surface area contributed by atoms with Crippen LogP contribution in [0.1, 0.15) is 181 Å². The lowest BCUT2D eigenvalue weighted by Crippen LogP contribution is -2.65. The Hall–Kier alpha value is -4.13. The van der Waals surface area contributed by atoms with Crippen molar-refractivity contribution in [1.82, 2.24) is 5.32 Å². The Bertz CT molecular complexity index is 1930. The summed E-state index contributed by atoms with van der Waals surface area (Å²) in [7, 11) is 0. The Balaban J connectivity index is 1.56. The first kappa shape index (κ1) is 74.0. The van der Waals surface area contributed by atoms with E-state index in [0.717, 1.165) is 109 Å². The Morgan fingerprint density at radius 3 is 1.33 bits per heavy atom. The Morgan fingerprint density at radius 1 is 0.451 bits per heavy atom. The number of carbonyl (C=O) groups excluding carboxylic acids is 1. The van der Waals surface area contributed by atoms with Crippen LogP contribution in [-0.2, 0) is 23.7 Å². The first-order chi connectivity index (χ1) is 40.1. The number of hydrogen-bond acceptors (Lipinski definition) is 13. The van der Waals surface area contributed by atoms with Crippen LogP contribution in [0.3, 0.4) is 0 Å². The van der Waals surface area contributed by atoms with Crippen molar-refractivity contribution in [3.8, 4) is 0 Å². The summed E-state index contributed by atoms with van der Waals surface area (Å²) in [5.41, 5.74) is 0. The minimum absolute atomic E-state index is 0.258. The summed E-state index contributed by atoms with van der Waals surface area (Å²) in [4.78, 5) is 13.2. The lowest BCUT2D eigenvalue weighted by molar-refractivity contribution is -0.359. The van der Waals surface area contributed by atoms with E-state index in [1.165, 1.54) is 38.5 Å². The van der Waals surface area contributed by atoms with E-state index in [9.17, 15) is 45.6 Å². The number of hydrogen-bond donors (Lipinski definition) is 9. The first-order valence-electron chi connectivity index (χ1n) is 31.1. The molecule has 0 saturated carbocycles. The molecule has 2 fully saturated rings. The molecule has 0 radical (unpaired) electrons. The van der Waals surface area contributed by atoms with Gasteiger partial charge in [-0.25, -0.2) is 0 Å². The third kappa shape index (κ3) is 35.9. The van der Waals surface area contributed by atoms with Gasteiger partial charge in [-0.15, -0.1) is 0 Å². The lowest BCUT2D eigenvalue weighted by Gasteiger charge is -2.46. The standard InChI is InChI=1S/C68H109NO13/c1-3-5-7-9-11-12-13-14-15-16-17-18-19-20-21-22-23-24-25-26-27-28-29-30-31-32-33-34-35-36-37-38-39-40-41-42-43-44-46-48-50-52-60(73)69-56(57(72)51-49-47-45-10-8-6-4-2)55-79-67-65(78)63(76)66(59(54-71)81-67)82-68-64(77)62(75)61(74)58(53-70)80-68/h5,7-8,10-12,14-15,17-18,20-21,23-24,26-27,29-30,32-33,35-36,49,51,56-59,61-68,70-72,74-78H,3-4,6,9,13,16,19,22,25,28,31,34,37-48,50,52-55H2,1-2H3,(H,69,73)/b7-5-,10-8+,12-11-,15-14-,18-17-,21-20-,24-23-,27-26-,30-29-,33-32-,36-35-,51-49+. The average molecular weight is 1150 g/mol. The zero-order valence-electron chi connectivity index (χ0n) is 49.9. The summed E-state index contributed by atoms with van der Waals surface area (Å²) in [6.07, 6.45) is 61.0. The van der Waals surface area contributed by atoms with Gasteiger partial charge in [0, 0.05) is 6.42 Å². The van der Waals surface area contributed by atoms with Crippen molar-refractivity contribution in [3.63, 3.8) is 0 Å². The summed E-state index contributed by atoms with van der Waals surface area (Å²) in [5.74, 6) is -0.266. The minimum Gasteiger partial charge on any atom is -0.394 e. The van der Waals surface area contributed by atoms with Gasteiger partial charge in [-0.3, -0.25) is 4.79 Å². The molecule has 0 aromatic carbocycles. The second-order valence-corrected chi connectivity index (χ2v) is 21.1. The molecular weight excluding hydrogens is 1040 g/mol. The number of allylic oxidation sites excluding steroid dienone is 23. The second kappa shape index (κ2) is 51.3. The van der Waals surface area contributed by atoms with E-state index in [1.54, 1.807) is 6.08 Å². The van der Waals surface area contributed by atoms with Crippen LogP contribution in [0.2, 0.25) is 0 Å². The van der Waals surface area contributed by atoms with Gasteiger partial charge in [-0.05, 0) is 103 Å². The molecule has 464 valence electrons. The average Bonchev–Trinajstić information content (AvgIpc) is 3.65. The van der Waals surface area contributed by atoms with E-state index < -0.39 is 86.8 Å². The fourth-order valence-electron chi connectivity index (χ4n) is 9.05. The van der Waals surface area contributed by atoms with E-state index in [2.05, 4.69) is 153 Å². The van der Waals surface area contributed by atoms with E-state index in [-0.39, 0.29) is 18.9 Å². The maximum absolute atomic E-state index is 13.2. The molecule has 12 unspecified atom stereocenters. The van der Waals surface area contributed by atoms with E-state index in [4.69, 9.17) is 18.9 Å². The van der Waals surface area contributed by atoms with Crippen LogP contribution in [0.5, 0.6) is 0 Å². The Kier molecular flexibility index (Phi) is 46.3. The number of aliphatic hydroxyl groups excluding tert-OH is 8. The zero-order valence-corrected chi connectivity index (χ0v) is 49.9. The molecule has 2 saturated heterocycles. The Labute approximate surface area is 493 Å². The molecule has 14 heteroatoms. The van der Waals surface area contributed by atoms with Crippen molar-refractivity contribution >= 4 is 5.91 Å². The lowest BCUT2D eigenvalue weighted by atomic mass is 9.97. The summed E-state index contributed by atoms with van der Waals surface area (Å²) >= 11 is 0. The van der Waals surface area contributed by atoms with Gasteiger partial charge < -0.3 is 65.1 Å². The molecule has 82 heavy (non-hydrogen) atoms. The predicted octanol–water partition coefficient (Wildman–Crippen LogP) is 11.3. The highest BCUT2D eigenvalue weighted by Crippen LogP contribution is 2.30. The van der Waals surface area contributed by atoms with Crippen LogP contribution >= 0.6 is 0 Å². The van der Waals surface area contributed by atoms with Crippen LogP contribution in [-0.4, -0.2) is 140 Å². The molecule has 2 rings (SSSR count). The van der Waals surface area contributed by atoms with Crippen molar-refractivity contribution < 1.29 is 64.6 Å². The second-order valence-electron chi connectivity index (χ2n) is 21.1. The van der Waals surface area contributed by atoms with Crippen LogP contribution in [0.15, 0.2) is 146 Å². The fourth-order valence-corrected chi connectivity index (χ4v) is 9.05. The number of nitrogens with one attached hydrogen (secondary N) is 1. The highest BCUT2D eigenvalue weighted by Gasteiger charge is 2.51. The van der Waals surface area contributed by atoms with Gasteiger partial charge in [-0.1, -0.05) is 217 Å². The Morgan fingerprint density at radius 2 is 0.854 bits per heavy atom. The van der Waals surface area contributed by atoms with Gasteiger partial charge in [0.15, 0.2) is 12.6 Å². The normalized spacial score (nSPS) is 25.0. The van der Waals surface area contributed by atoms with Gasteiger partial charge in [0.05, 0.1) is 32.0 Å². The van der Waals surface area contributed by atoms with Crippen LogP contribution < -0.4 is 5.32 Å². The number of carbonyl (C=O) groups is 1. The molecule has 9 N–H and O–H groups in total. The fraction of sp³-hybridized carbons (Fsp3) is 0.632. The topological polar surface area (TPSA) is 228 Å². The number of amides is 1. The number of ether oxygens (including phenoxy) is 4. The number of aliphatic hydroxyl groups is 8. The van der Waals surface area contributed by atoms with Gasteiger partial charge >= 0.3 is 0 Å². The SMILES string of the molecule is CC/C=C\C/C=C\C/C=C\C/C=C\C/C=C\C/C=C\C/C=C\C/C=C\C/C=C\C/C=C\CCCCCCCCCCCCC(=O)NC(COC1OC(CO)C(OC2OC(CO)C(O)C(O)C2O)C(O)C1O)C(O)/C=C/CC/C=C/CCC. The molecule has 2 heterocycles. The maximum atomic E-state index is 13.2. The number of unbranched alkanes of at least 4 members (excludes halogenated alkanes) is 12. The summed E-state index contributed by atoms with van der Waals surface area (Å²) in [6, 6.07) is -0.940. The molecule has 12 atom stereocenters. The smallest absolute Gasteiger partial charge is 0.220 e. The summed E-state index contributed by atoms with van der Waals surface area (Å²) in [6.45, 7) is 2.51. The molecule has 2 aliphatic rings. The molecule has 0 bridgehead atoms. The number of rotatable bonds is 47. The molecular formula is C68H109NO13. The van der Waals surface area contributed by atoms with Gasteiger partial charge in [0.25, 0.3) is 0 Å². The molecule has 0 aromatic rings. The van der Waals surface area contributed by atoms with Crippen LogP contribution in [0.4, 0.5) is 0 Å². The van der Waals surface area contributed by atoms with E-state index in [1.807, 2.05) is 6.08 Å². The highest BCUT2D eigenvalue weighted by molar-refractivity contribution is 5.76. The molecule has 0 aliphatic carbocycles. The first-order valence-corrected chi connectivity index (χ1v) is 31.1. The van der Waals surface area contributed by atoms with Crippen molar-refractivity contribution in [2.75, 3.05) is 19.8 Å². The van der Waals surface area contributed by atoms with Crippen molar-refractivity contribution in [2.45, 2.75) is 254 Å².